The van der Waals surface area contributed by atoms with Crippen LogP contribution in [0.5, 0.6) is 5.75 Å². The molecule has 0 saturated carbocycles. The Morgan fingerprint density at radius 2 is 1.94 bits per heavy atom. The Kier molecular flexibility index (Phi) is 8.25. The van der Waals surface area contributed by atoms with E-state index in [4.69, 9.17) is 9.84 Å². The van der Waals surface area contributed by atoms with E-state index in [2.05, 4.69) is 10.2 Å². The molecule has 1 aromatic carbocycles. The summed E-state index contributed by atoms with van der Waals surface area (Å²) in [6, 6.07) is 7.46. The first-order valence-corrected chi connectivity index (χ1v) is 12.6. The number of benzene rings is 1. The van der Waals surface area contributed by atoms with Gasteiger partial charge < -0.3 is 9.84 Å². The van der Waals surface area contributed by atoms with Crippen LogP contribution in [0, 0.1) is 11.8 Å². The van der Waals surface area contributed by atoms with Gasteiger partial charge in [-0.2, -0.15) is 0 Å². The van der Waals surface area contributed by atoms with E-state index in [0.29, 0.717) is 48.7 Å². The lowest BCUT2D eigenvalue weighted by Gasteiger charge is -2.36. The summed E-state index contributed by atoms with van der Waals surface area (Å²) in [6.45, 7) is 4.78. The lowest BCUT2D eigenvalue weighted by Crippen LogP contribution is -2.51. The molecule has 0 radical (unpaired) electrons. The number of amides is 1. The Morgan fingerprint density at radius 3 is 2.63 bits per heavy atom. The number of hydrogen-bond acceptors (Lipinski definition) is 7. The Bertz CT molecular complexity index is 1080. The quantitative estimate of drug-likeness (QED) is 0.501. The second-order valence-corrected chi connectivity index (χ2v) is 9.60. The van der Waals surface area contributed by atoms with Crippen LogP contribution in [0.15, 0.2) is 48.6 Å². The van der Waals surface area contributed by atoms with E-state index in [9.17, 15) is 14.0 Å². The largest absolute Gasteiger partial charge is 0.492 e. The number of rotatable bonds is 11. The molecule has 0 bridgehead atoms. The number of carboxylic acids is 1. The number of nitrogens with zero attached hydrogens (tertiary/aromatic N) is 4. The van der Waals surface area contributed by atoms with Gasteiger partial charge in [-0.1, -0.05) is 42.9 Å². The monoisotopic (exact) mass is 500 g/mol. The molecule has 1 fully saturated rings. The number of ether oxygens (including phenoxy) is 1. The molecule has 1 aliphatic carbocycles. The number of hydrogen-bond donors (Lipinski definition) is 1. The zero-order valence-electron chi connectivity index (χ0n) is 19.5. The van der Waals surface area contributed by atoms with Crippen LogP contribution in [0.4, 0.5) is 9.52 Å². The number of halogens is 1. The van der Waals surface area contributed by atoms with E-state index in [1.807, 2.05) is 36.1 Å². The highest BCUT2D eigenvalue weighted by Gasteiger charge is 2.33. The minimum atomic E-state index is -1.35. The predicted octanol–water partition coefficient (Wildman–Crippen LogP) is 3.81. The minimum absolute atomic E-state index is 0.270. The van der Waals surface area contributed by atoms with Crippen molar-refractivity contribution < 1.29 is 23.8 Å². The zero-order valence-corrected chi connectivity index (χ0v) is 20.4. The minimum Gasteiger partial charge on any atom is -0.492 e. The number of aliphatic carboxylic acids is 1. The van der Waals surface area contributed by atoms with Crippen molar-refractivity contribution in [1.29, 1.82) is 0 Å². The van der Waals surface area contributed by atoms with Crippen LogP contribution in [0.2, 0.25) is 0 Å². The summed E-state index contributed by atoms with van der Waals surface area (Å²) in [5, 5.41) is 18.6. The molecule has 2 aromatic rings. The van der Waals surface area contributed by atoms with Crippen LogP contribution in [0.1, 0.15) is 19.8 Å². The standard InChI is InChI=1S/C25H29FN4O4S/c1-2-3-12-30(23(31)20-6-4-5-7-21(20)26)25-28-27-22(35-25)17-8-10-19(11-9-17)34-14-13-29-15-18(16-29)24(32)33/h4-11,18,20-21H,2-3,12-16H2,1H3,(H,32,33). The summed E-state index contributed by atoms with van der Waals surface area (Å²) < 4.78 is 20.1. The van der Waals surface area contributed by atoms with Gasteiger partial charge in [-0.05, 0) is 36.8 Å². The van der Waals surface area contributed by atoms with Crippen LogP contribution in [0.25, 0.3) is 10.6 Å². The Hall–Kier alpha value is -3.11. The second kappa shape index (κ2) is 11.5. The van der Waals surface area contributed by atoms with Gasteiger partial charge in [0.2, 0.25) is 11.0 Å². The maximum absolute atomic E-state index is 14.4. The molecule has 2 atom stereocenters. The number of carboxylic acid groups (broad SMARTS) is 1. The summed E-state index contributed by atoms with van der Waals surface area (Å²) >= 11 is 1.30. The molecule has 1 aliphatic heterocycles. The first-order chi connectivity index (χ1) is 17.0. The number of alkyl halides is 1. The summed E-state index contributed by atoms with van der Waals surface area (Å²) in [7, 11) is 0. The van der Waals surface area contributed by atoms with Crippen molar-refractivity contribution >= 4 is 28.3 Å². The molecule has 1 saturated heterocycles. The summed E-state index contributed by atoms with van der Waals surface area (Å²) in [4.78, 5) is 27.6. The van der Waals surface area contributed by atoms with Crippen LogP contribution in [0.3, 0.4) is 0 Å². The fourth-order valence-corrected chi connectivity index (χ4v) is 4.81. The van der Waals surface area contributed by atoms with E-state index in [0.717, 1.165) is 18.4 Å². The van der Waals surface area contributed by atoms with Crippen LogP contribution in [-0.2, 0) is 9.59 Å². The first-order valence-electron chi connectivity index (χ1n) is 11.8. The van der Waals surface area contributed by atoms with Gasteiger partial charge in [0.1, 0.15) is 23.5 Å². The number of anilines is 1. The van der Waals surface area contributed by atoms with Crippen LogP contribution >= 0.6 is 11.3 Å². The number of carbonyl (C=O) groups is 2. The van der Waals surface area contributed by atoms with Gasteiger partial charge in [0.25, 0.3) is 0 Å². The summed E-state index contributed by atoms with van der Waals surface area (Å²) in [6.07, 6.45) is 6.63. The first kappa shape index (κ1) is 25.0. The molecule has 2 aliphatic rings. The lowest BCUT2D eigenvalue weighted by atomic mass is 9.97. The average molecular weight is 501 g/mol. The van der Waals surface area contributed by atoms with Crippen molar-refractivity contribution in [3.05, 3.63) is 48.6 Å². The van der Waals surface area contributed by atoms with E-state index >= 15 is 0 Å². The topological polar surface area (TPSA) is 95.9 Å². The highest BCUT2D eigenvalue weighted by molar-refractivity contribution is 7.18. The highest BCUT2D eigenvalue weighted by atomic mass is 32.1. The SMILES string of the molecule is CCCCN(C(=O)C1C=CC=CC1F)c1nnc(-c2ccc(OCCN3CC(C(=O)O)C3)cc2)s1. The van der Waals surface area contributed by atoms with Gasteiger partial charge in [0, 0.05) is 31.7 Å². The Morgan fingerprint density at radius 1 is 1.20 bits per heavy atom. The molecule has 0 spiro atoms. The van der Waals surface area contributed by atoms with Gasteiger partial charge in [-0.3, -0.25) is 19.4 Å². The molecule has 1 amide bonds. The highest BCUT2D eigenvalue weighted by Crippen LogP contribution is 2.32. The van der Waals surface area contributed by atoms with E-state index in [-0.39, 0.29) is 11.8 Å². The number of allylic oxidation sites excluding steroid dienone is 3. The predicted molar refractivity (Wildman–Crippen MR) is 132 cm³/mol. The molecule has 2 heterocycles. The molecule has 2 unspecified atom stereocenters. The number of aromatic nitrogens is 2. The van der Waals surface area contributed by atoms with Gasteiger partial charge in [-0.25, -0.2) is 4.39 Å². The van der Waals surface area contributed by atoms with Crippen molar-refractivity contribution in [2.24, 2.45) is 11.8 Å². The molecule has 8 nitrogen and oxygen atoms in total. The third-order valence-corrected chi connectivity index (χ3v) is 7.08. The third-order valence-electron chi connectivity index (χ3n) is 6.08. The molecule has 186 valence electrons. The Labute approximate surface area is 207 Å². The molecular weight excluding hydrogens is 471 g/mol. The molecule has 35 heavy (non-hydrogen) atoms. The lowest BCUT2D eigenvalue weighted by molar-refractivity contribution is -0.147. The van der Waals surface area contributed by atoms with E-state index in [1.54, 1.807) is 23.1 Å². The fourth-order valence-electron chi connectivity index (χ4n) is 3.93. The molecular formula is C25H29FN4O4S. The van der Waals surface area contributed by atoms with Gasteiger partial charge in [0.15, 0.2) is 0 Å². The van der Waals surface area contributed by atoms with E-state index < -0.39 is 18.1 Å². The Balaban J connectivity index is 1.36. The molecule has 1 N–H and O–H groups in total. The average Bonchev–Trinajstić information content (AvgIpc) is 3.31. The maximum Gasteiger partial charge on any atom is 0.309 e. The van der Waals surface area contributed by atoms with Crippen molar-refractivity contribution in [2.75, 3.05) is 37.7 Å². The molecule has 4 rings (SSSR count). The second-order valence-electron chi connectivity index (χ2n) is 8.64. The maximum atomic E-state index is 14.4. The van der Waals surface area contributed by atoms with E-state index in [1.165, 1.54) is 17.4 Å². The van der Waals surface area contributed by atoms with Crippen LogP contribution < -0.4 is 9.64 Å². The number of carbonyl (C=O) groups excluding carboxylic acids is 1. The number of unbranched alkanes of at least 4 members (excludes halogenated alkanes) is 1. The third kappa shape index (κ3) is 6.12. The number of likely N-dealkylation sites (tertiary alicyclic amines) is 1. The summed E-state index contributed by atoms with van der Waals surface area (Å²) in [5.41, 5.74) is 0.847. The van der Waals surface area contributed by atoms with Gasteiger partial charge >= 0.3 is 5.97 Å². The normalized spacial score (nSPS) is 19.9. The van der Waals surface area contributed by atoms with Crippen molar-refractivity contribution in [2.45, 2.75) is 25.9 Å². The van der Waals surface area contributed by atoms with Crippen LogP contribution in [-0.4, -0.2) is 71.0 Å². The zero-order chi connectivity index (χ0) is 24.8. The van der Waals surface area contributed by atoms with Crippen molar-refractivity contribution in [3.63, 3.8) is 0 Å². The fraction of sp³-hybridized carbons (Fsp3) is 0.440. The van der Waals surface area contributed by atoms with Gasteiger partial charge in [-0.15, -0.1) is 10.2 Å². The van der Waals surface area contributed by atoms with Crippen molar-refractivity contribution in [1.82, 2.24) is 15.1 Å². The smallest absolute Gasteiger partial charge is 0.309 e. The summed E-state index contributed by atoms with van der Waals surface area (Å²) in [5.74, 6) is -1.47. The van der Waals surface area contributed by atoms with Gasteiger partial charge in [0.05, 0.1) is 11.8 Å². The molecule has 10 heteroatoms. The molecule has 1 aromatic heterocycles. The van der Waals surface area contributed by atoms with Crippen molar-refractivity contribution in [3.8, 4) is 16.3 Å².